The fourth-order valence-electron chi connectivity index (χ4n) is 4.85. The van der Waals surface area contributed by atoms with Gasteiger partial charge in [0.2, 0.25) is 11.8 Å². The second-order valence-electron chi connectivity index (χ2n) is 8.69. The van der Waals surface area contributed by atoms with Crippen LogP contribution in [0.2, 0.25) is 0 Å². The summed E-state index contributed by atoms with van der Waals surface area (Å²) in [4.78, 5) is 28.0. The van der Waals surface area contributed by atoms with Crippen molar-refractivity contribution >= 4 is 11.8 Å². The lowest BCUT2D eigenvalue weighted by atomic mass is 9.71. The Balaban J connectivity index is 3.52. The Morgan fingerprint density at radius 3 is 1.54 bits per heavy atom. The number of nitrogens with two attached hydrogens (primary N) is 1. The van der Waals surface area contributed by atoms with Crippen molar-refractivity contribution in [3.63, 3.8) is 0 Å². The van der Waals surface area contributed by atoms with Crippen molar-refractivity contribution < 1.29 is 19.8 Å². The Hall–Kier alpha value is -1.14. The number of hydrogen-bond donors (Lipinski definition) is 3. The number of carbonyl (C=O) groups is 2. The molecule has 6 heteroatoms. The quantitative estimate of drug-likeness (QED) is 0.492. The Bertz CT molecular complexity index is 511. The van der Waals surface area contributed by atoms with E-state index < -0.39 is 34.6 Å². The van der Waals surface area contributed by atoms with Crippen LogP contribution >= 0.6 is 0 Å². The van der Waals surface area contributed by atoms with Gasteiger partial charge in [-0.1, -0.05) is 47.0 Å². The van der Waals surface area contributed by atoms with Crippen molar-refractivity contribution in [2.24, 2.45) is 11.1 Å². The van der Waals surface area contributed by atoms with E-state index in [1.165, 1.54) is 0 Å². The molecule has 4 N–H and O–H groups in total. The van der Waals surface area contributed by atoms with E-state index in [-0.39, 0.29) is 5.91 Å². The molecule has 0 radical (unpaired) electrons. The summed E-state index contributed by atoms with van der Waals surface area (Å²) in [6.45, 7) is 11.2. The maximum atomic E-state index is 13.9. The van der Waals surface area contributed by atoms with Crippen molar-refractivity contribution in [1.29, 1.82) is 0 Å². The van der Waals surface area contributed by atoms with Gasteiger partial charge in [-0.05, 0) is 52.4 Å². The van der Waals surface area contributed by atoms with Crippen LogP contribution < -0.4 is 5.73 Å². The van der Waals surface area contributed by atoms with Crippen LogP contribution in [-0.2, 0) is 9.59 Å². The van der Waals surface area contributed by atoms with E-state index in [9.17, 15) is 19.8 Å². The molecule has 0 aromatic heterocycles. The molecule has 28 heavy (non-hydrogen) atoms. The van der Waals surface area contributed by atoms with E-state index in [1.807, 2.05) is 41.5 Å². The first kappa shape index (κ1) is 24.9. The number of rotatable bonds is 10. The Labute approximate surface area is 170 Å². The summed E-state index contributed by atoms with van der Waals surface area (Å²) in [5.74, 6) is -0.921. The van der Waals surface area contributed by atoms with E-state index in [4.69, 9.17) is 5.73 Å². The highest BCUT2D eigenvalue weighted by Gasteiger charge is 2.53. The molecule has 0 aromatic carbocycles. The zero-order chi connectivity index (χ0) is 21.8. The van der Waals surface area contributed by atoms with Gasteiger partial charge in [0.25, 0.3) is 0 Å². The SMILES string of the molecule is CCC(O)(CC)[C@@H](C)N(C(=O)C1(C(N)=O)CCCCC1)[C@H](C)C(O)(CC)CC. The molecule has 2 atom stereocenters. The average molecular weight is 399 g/mol. The summed E-state index contributed by atoms with van der Waals surface area (Å²) in [6.07, 6.45) is 5.31. The second kappa shape index (κ2) is 9.57. The third-order valence-corrected chi connectivity index (χ3v) is 7.66. The first-order valence-electron chi connectivity index (χ1n) is 11.1. The van der Waals surface area contributed by atoms with Crippen LogP contribution in [0.5, 0.6) is 0 Å². The smallest absolute Gasteiger partial charge is 0.238 e. The fourth-order valence-corrected chi connectivity index (χ4v) is 4.85. The molecule has 0 spiro atoms. The molecule has 1 saturated carbocycles. The van der Waals surface area contributed by atoms with Crippen LogP contribution in [0, 0.1) is 5.41 Å². The third-order valence-electron chi connectivity index (χ3n) is 7.66. The van der Waals surface area contributed by atoms with Crippen LogP contribution in [0.15, 0.2) is 0 Å². The maximum absolute atomic E-state index is 13.9. The standard InChI is InChI=1S/C22H42N2O4/c1-7-21(27,8-2)16(5)24(17(6)22(28,9-3)10-4)19(26)20(18(23)25)14-12-11-13-15-20/h16-17,27-28H,7-15H2,1-6H3,(H2,23,25)/t16-,17-/m1/s1. The van der Waals surface area contributed by atoms with Crippen LogP contribution in [0.25, 0.3) is 0 Å². The number of hydrogen-bond acceptors (Lipinski definition) is 4. The predicted octanol–water partition coefficient (Wildman–Crippen LogP) is 3.13. The van der Waals surface area contributed by atoms with Crippen molar-refractivity contribution in [1.82, 2.24) is 4.90 Å². The molecule has 164 valence electrons. The number of primary amides is 1. The topological polar surface area (TPSA) is 104 Å². The van der Waals surface area contributed by atoms with Crippen LogP contribution in [0.3, 0.4) is 0 Å². The van der Waals surface area contributed by atoms with Crippen molar-refractivity contribution in [2.45, 2.75) is 123 Å². The zero-order valence-corrected chi connectivity index (χ0v) is 18.8. The van der Waals surface area contributed by atoms with Gasteiger partial charge in [0.05, 0.1) is 23.3 Å². The van der Waals surface area contributed by atoms with E-state index in [0.717, 1.165) is 19.3 Å². The Kier molecular flexibility index (Phi) is 8.51. The number of nitrogens with zero attached hydrogens (tertiary/aromatic N) is 1. The lowest BCUT2D eigenvalue weighted by Gasteiger charge is -2.51. The van der Waals surface area contributed by atoms with Gasteiger partial charge in [0, 0.05) is 0 Å². The summed E-state index contributed by atoms with van der Waals surface area (Å²) in [7, 11) is 0. The molecule has 1 aliphatic rings. The Morgan fingerprint density at radius 1 is 0.893 bits per heavy atom. The summed E-state index contributed by atoms with van der Waals surface area (Å²) in [5.41, 5.74) is 2.34. The van der Waals surface area contributed by atoms with Gasteiger partial charge < -0.3 is 20.8 Å². The molecule has 2 amide bonds. The molecule has 0 saturated heterocycles. The van der Waals surface area contributed by atoms with Crippen LogP contribution in [0.1, 0.15) is 99.3 Å². The number of carbonyl (C=O) groups excluding carboxylic acids is 2. The Morgan fingerprint density at radius 2 is 1.25 bits per heavy atom. The number of amides is 2. The van der Waals surface area contributed by atoms with E-state index >= 15 is 0 Å². The summed E-state index contributed by atoms with van der Waals surface area (Å²) in [5, 5.41) is 22.4. The maximum Gasteiger partial charge on any atom is 0.238 e. The molecular formula is C22H42N2O4. The van der Waals surface area contributed by atoms with Gasteiger partial charge in [-0.15, -0.1) is 0 Å². The predicted molar refractivity (Wildman–Crippen MR) is 112 cm³/mol. The molecular weight excluding hydrogens is 356 g/mol. The zero-order valence-electron chi connectivity index (χ0n) is 18.8. The van der Waals surface area contributed by atoms with Crippen molar-refractivity contribution in [2.75, 3.05) is 0 Å². The minimum absolute atomic E-state index is 0.333. The monoisotopic (exact) mass is 398 g/mol. The molecule has 0 aromatic rings. The molecule has 0 aliphatic heterocycles. The molecule has 1 rings (SSSR count). The van der Waals surface area contributed by atoms with Gasteiger partial charge in [0.1, 0.15) is 5.41 Å². The van der Waals surface area contributed by atoms with Crippen molar-refractivity contribution in [3.05, 3.63) is 0 Å². The summed E-state index contributed by atoms with van der Waals surface area (Å²) in [6, 6.07) is -1.10. The molecule has 6 nitrogen and oxygen atoms in total. The van der Waals surface area contributed by atoms with Gasteiger partial charge in [-0.25, -0.2) is 0 Å². The van der Waals surface area contributed by atoms with Gasteiger partial charge in [-0.2, -0.15) is 0 Å². The minimum atomic E-state index is -1.24. The summed E-state index contributed by atoms with van der Waals surface area (Å²) >= 11 is 0. The first-order chi connectivity index (χ1) is 13.0. The molecule has 0 heterocycles. The molecule has 1 fully saturated rings. The molecule has 0 bridgehead atoms. The lowest BCUT2D eigenvalue weighted by molar-refractivity contribution is -0.171. The van der Waals surface area contributed by atoms with Gasteiger partial charge in [-0.3, -0.25) is 9.59 Å². The highest BCUT2D eigenvalue weighted by molar-refractivity contribution is 6.04. The summed E-state index contributed by atoms with van der Waals surface area (Å²) < 4.78 is 0. The van der Waals surface area contributed by atoms with Gasteiger partial charge >= 0.3 is 0 Å². The molecule has 1 aliphatic carbocycles. The second-order valence-corrected chi connectivity index (χ2v) is 8.69. The lowest BCUT2D eigenvalue weighted by Crippen LogP contribution is -2.66. The number of aliphatic hydroxyl groups is 2. The van der Waals surface area contributed by atoms with E-state index in [0.29, 0.717) is 38.5 Å². The first-order valence-corrected chi connectivity index (χ1v) is 11.1. The minimum Gasteiger partial charge on any atom is -0.388 e. The largest absolute Gasteiger partial charge is 0.388 e. The normalized spacial score (nSPS) is 19.7. The van der Waals surface area contributed by atoms with E-state index in [1.54, 1.807) is 4.90 Å². The van der Waals surface area contributed by atoms with E-state index in [2.05, 4.69) is 0 Å². The fraction of sp³-hybridized carbons (Fsp3) is 0.909. The average Bonchev–Trinajstić information content (AvgIpc) is 2.72. The highest BCUT2D eigenvalue weighted by Crippen LogP contribution is 2.41. The third kappa shape index (κ3) is 4.38. The van der Waals surface area contributed by atoms with Gasteiger partial charge in [0.15, 0.2) is 0 Å². The van der Waals surface area contributed by atoms with Crippen LogP contribution in [-0.4, -0.2) is 50.2 Å². The van der Waals surface area contributed by atoms with Crippen LogP contribution in [0.4, 0.5) is 0 Å². The molecule has 0 unspecified atom stereocenters. The van der Waals surface area contributed by atoms with Crippen molar-refractivity contribution in [3.8, 4) is 0 Å². The highest BCUT2D eigenvalue weighted by atomic mass is 16.3.